The van der Waals surface area contributed by atoms with Crippen molar-refractivity contribution in [2.45, 2.75) is 6.10 Å². The van der Waals surface area contributed by atoms with E-state index in [0.717, 1.165) is 0 Å². The second-order valence-corrected chi connectivity index (χ2v) is 3.09. The van der Waals surface area contributed by atoms with E-state index in [1.165, 1.54) is 0 Å². The second-order valence-electron chi connectivity index (χ2n) is 3.09. The number of nitrogen functional groups attached to an aromatic ring is 1. The molecule has 82 valence electrons. The van der Waals surface area contributed by atoms with Crippen molar-refractivity contribution in [2.75, 3.05) is 13.2 Å². The maximum Gasteiger partial charge on any atom is 0.122 e. The van der Waals surface area contributed by atoms with Crippen molar-refractivity contribution in [3.8, 4) is 5.75 Å². The first kappa shape index (κ1) is 11.5. The summed E-state index contributed by atoms with van der Waals surface area (Å²) >= 11 is 0. The monoisotopic (exact) mass is 210 g/mol. The molecule has 5 heteroatoms. The molecule has 0 heterocycles. The standard InChI is InChI=1S/C10H14N2O3/c11-10(12)7-1-3-9(4-2-7)15-6-8(14)5-13/h1-4,8,13-14H,5-6H2,(H3,11,12)/t8-/m0/s1. The zero-order valence-corrected chi connectivity index (χ0v) is 8.18. The summed E-state index contributed by atoms with van der Waals surface area (Å²) in [6, 6.07) is 6.62. The predicted octanol–water partition coefficient (Wildman–Crippen LogP) is -0.297. The van der Waals surface area contributed by atoms with Gasteiger partial charge in [-0.1, -0.05) is 0 Å². The van der Waals surface area contributed by atoms with E-state index in [9.17, 15) is 0 Å². The van der Waals surface area contributed by atoms with E-state index in [2.05, 4.69) is 0 Å². The third-order valence-electron chi connectivity index (χ3n) is 1.82. The van der Waals surface area contributed by atoms with Gasteiger partial charge in [0.15, 0.2) is 0 Å². The lowest BCUT2D eigenvalue weighted by Crippen LogP contribution is -2.21. The molecule has 0 saturated carbocycles. The highest BCUT2D eigenvalue weighted by molar-refractivity contribution is 5.94. The van der Waals surface area contributed by atoms with Gasteiger partial charge in [-0.05, 0) is 24.3 Å². The van der Waals surface area contributed by atoms with Crippen molar-refractivity contribution in [1.82, 2.24) is 0 Å². The minimum Gasteiger partial charge on any atom is -0.491 e. The molecule has 15 heavy (non-hydrogen) atoms. The van der Waals surface area contributed by atoms with Gasteiger partial charge in [-0.2, -0.15) is 0 Å². The number of nitrogens with one attached hydrogen (secondary N) is 1. The largest absolute Gasteiger partial charge is 0.491 e. The highest BCUT2D eigenvalue weighted by atomic mass is 16.5. The third kappa shape index (κ3) is 3.57. The predicted molar refractivity (Wildman–Crippen MR) is 56.0 cm³/mol. The fraction of sp³-hybridized carbons (Fsp3) is 0.300. The van der Waals surface area contributed by atoms with Crippen LogP contribution in [0.5, 0.6) is 5.75 Å². The molecule has 0 fully saturated rings. The molecule has 0 radical (unpaired) electrons. The van der Waals surface area contributed by atoms with Crippen LogP contribution in [0.2, 0.25) is 0 Å². The Morgan fingerprint density at radius 2 is 2.00 bits per heavy atom. The van der Waals surface area contributed by atoms with Gasteiger partial charge in [-0.15, -0.1) is 0 Å². The number of amidine groups is 1. The van der Waals surface area contributed by atoms with E-state index < -0.39 is 6.10 Å². The number of nitrogens with two attached hydrogens (primary N) is 1. The van der Waals surface area contributed by atoms with Crippen LogP contribution in [0.4, 0.5) is 0 Å². The van der Waals surface area contributed by atoms with E-state index in [0.29, 0.717) is 11.3 Å². The number of hydrogen-bond acceptors (Lipinski definition) is 4. The number of rotatable bonds is 5. The van der Waals surface area contributed by atoms with E-state index in [-0.39, 0.29) is 19.0 Å². The fourth-order valence-corrected chi connectivity index (χ4v) is 0.976. The van der Waals surface area contributed by atoms with E-state index in [1.807, 2.05) is 0 Å². The maximum atomic E-state index is 9.03. The minimum atomic E-state index is -0.877. The van der Waals surface area contributed by atoms with Gasteiger partial charge in [0.05, 0.1) is 6.61 Å². The van der Waals surface area contributed by atoms with Gasteiger partial charge in [0, 0.05) is 5.56 Å². The van der Waals surface area contributed by atoms with Crippen molar-refractivity contribution >= 4 is 5.84 Å². The highest BCUT2D eigenvalue weighted by Gasteiger charge is 2.03. The summed E-state index contributed by atoms with van der Waals surface area (Å²) in [5, 5.41) is 24.8. The molecule has 1 aromatic carbocycles. The minimum absolute atomic E-state index is 0.00283. The molecule has 0 aliphatic rings. The lowest BCUT2D eigenvalue weighted by Gasteiger charge is -2.09. The Bertz CT molecular complexity index is 324. The molecule has 0 bridgehead atoms. The van der Waals surface area contributed by atoms with E-state index in [4.69, 9.17) is 26.1 Å². The molecule has 5 N–H and O–H groups in total. The van der Waals surface area contributed by atoms with Crippen LogP contribution in [0.1, 0.15) is 5.56 Å². The van der Waals surface area contributed by atoms with E-state index in [1.54, 1.807) is 24.3 Å². The summed E-state index contributed by atoms with van der Waals surface area (Å²) in [7, 11) is 0. The van der Waals surface area contributed by atoms with Crippen molar-refractivity contribution in [3.63, 3.8) is 0 Å². The van der Waals surface area contributed by atoms with Crippen molar-refractivity contribution in [3.05, 3.63) is 29.8 Å². The molecule has 0 spiro atoms. The van der Waals surface area contributed by atoms with E-state index >= 15 is 0 Å². The Morgan fingerprint density at radius 1 is 1.40 bits per heavy atom. The molecule has 0 amide bonds. The zero-order chi connectivity index (χ0) is 11.3. The zero-order valence-electron chi connectivity index (χ0n) is 8.18. The number of ether oxygens (including phenoxy) is 1. The first-order chi connectivity index (χ1) is 7.13. The first-order valence-electron chi connectivity index (χ1n) is 4.49. The Balaban J connectivity index is 2.53. The average molecular weight is 210 g/mol. The summed E-state index contributed by atoms with van der Waals surface area (Å²) in [4.78, 5) is 0. The highest BCUT2D eigenvalue weighted by Crippen LogP contribution is 2.11. The van der Waals surface area contributed by atoms with Crippen LogP contribution in [-0.4, -0.2) is 35.4 Å². The summed E-state index contributed by atoms with van der Waals surface area (Å²) in [6.07, 6.45) is -0.877. The molecule has 0 aromatic heterocycles. The van der Waals surface area contributed by atoms with Crippen molar-refractivity contribution in [1.29, 1.82) is 5.41 Å². The third-order valence-corrected chi connectivity index (χ3v) is 1.82. The summed E-state index contributed by atoms with van der Waals surface area (Å²) in [6.45, 7) is -0.290. The lowest BCUT2D eigenvalue weighted by molar-refractivity contribution is 0.0536. The molecule has 0 aliphatic heterocycles. The number of aliphatic hydroxyl groups excluding tert-OH is 2. The molecular formula is C10H14N2O3. The topological polar surface area (TPSA) is 99.6 Å². The molecule has 5 nitrogen and oxygen atoms in total. The van der Waals surface area contributed by atoms with Crippen LogP contribution in [0, 0.1) is 5.41 Å². The number of aliphatic hydroxyl groups is 2. The summed E-state index contributed by atoms with van der Waals surface area (Å²) in [5.74, 6) is 0.560. The Labute approximate surface area is 87.6 Å². The summed E-state index contributed by atoms with van der Waals surface area (Å²) in [5.41, 5.74) is 5.89. The van der Waals surface area contributed by atoms with Crippen LogP contribution >= 0.6 is 0 Å². The van der Waals surface area contributed by atoms with Crippen molar-refractivity contribution in [2.24, 2.45) is 5.73 Å². The van der Waals surface area contributed by atoms with Crippen LogP contribution in [-0.2, 0) is 0 Å². The molecule has 0 aliphatic carbocycles. The van der Waals surface area contributed by atoms with Crippen molar-refractivity contribution < 1.29 is 14.9 Å². The summed E-state index contributed by atoms with van der Waals surface area (Å²) < 4.78 is 5.17. The Morgan fingerprint density at radius 3 is 2.47 bits per heavy atom. The first-order valence-corrected chi connectivity index (χ1v) is 4.49. The normalized spacial score (nSPS) is 12.1. The molecular weight excluding hydrogens is 196 g/mol. The molecule has 0 unspecified atom stereocenters. The van der Waals surface area contributed by atoms with Gasteiger partial charge in [0.25, 0.3) is 0 Å². The second kappa shape index (κ2) is 5.33. The Hall–Kier alpha value is -1.59. The van der Waals surface area contributed by atoms with Gasteiger partial charge >= 0.3 is 0 Å². The van der Waals surface area contributed by atoms with Gasteiger partial charge in [-0.25, -0.2) is 0 Å². The van der Waals surface area contributed by atoms with Crippen LogP contribution in [0.25, 0.3) is 0 Å². The number of hydrogen-bond donors (Lipinski definition) is 4. The maximum absolute atomic E-state index is 9.03. The molecule has 1 aromatic rings. The molecule has 1 atom stereocenters. The smallest absolute Gasteiger partial charge is 0.122 e. The van der Waals surface area contributed by atoms with Crippen LogP contribution in [0.15, 0.2) is 24.3 Å². The molecule has 1 rings (SSSR count). The average Bonchev–Trinajstić information content (AvgIpc) is 2.26. The Kier molecular flexibility index (Phi) is 4.08. The lowest BCUT2D eigenvalue weighted by atomic mass is 10.2. The number of benzene rings is 1. The molecule has 0 saturated heterocycles. The van der Waals surface area contributed by atoms with Gasteiger partial charge in [-0.3, -0.25) is 5.41 Å². The van der Waals surface area contributed by atoms with Crippen LogP contribution in [0.3, 0.4) is 0 Å². The SMILES string of the molecule is N=C(N)c1ccc(OC[C@@H](O)CO)cc1. The fourth-order valence-electron chi connectivity index (χ4n) is 0.976. The quantitative estimate of drug-likeness (QED) is 0.396. The van der Waals surface area contributed by atoms with Gasteiger partial charge < -0.3 is 20.7 Å². The van der Waals surface area contributed by atoms with Gasteiger partial charge in [0.1, 0.15) is 24.3 Å². The van der Waals surface area contributed by atoms with Gasteiger partial charge in [0.2, 0.25) is 0 Å². The van der Waals surface area contributed by atoms with Crippen LogP contribution < -0.4 is 10.5 Å².